The molecule has 5 rings (SSSR count). The number of rotatable bonds is 10. The molecule has 0 saturated heterocycles. The fourth-order valence-electron chi connectivity index (χ4n) is 8.02. The number of phenols is 2. The minimum absolute atomic E-state index is 0.0613. The maximum Gasteiger partial charge on any atom is 0.312 e. The SMILES string of the molecule is CCCCCN(C(=O)COc1cc2c(O)c3c(O)c(C)c4c(c13)C(=O)[C@@](C)(O/C=C/[C@H](OC)[C@@H](C)[C@@H](OC(C)=O)[C@H](C)[C@H](O)[C@H](C)[C@@H](O)[C@@H](C)/C=C/C=C(/C)C(=O)N2)O4)N(C)C. The third-order valence-corrected chi connectivity index (χ3v) is 11.9. The van der Waals surface area contributed by atoms with Crippen molar-refractivity contribution in [2.45, 2.75) is 112 Å². The number of Topliss-reactive ketones (excluding diaryl/α,β-unsaturated/α-hetero) is 1. The van der Waals surface area contributed by atoms with Crippen molar-refractivity contribution in [2.75, 3.05) is 39.7 Å². The van der Waals surface area contributed by atoms with Gasteiger partial charge < -0.3 is 49.4 Å². The number of aromatic hydroxyl groups is 2. The summed E-state index contributed by atoms with van der Waals surface area (Å²) in [5.41, 5.74) is -0.0244. The summed E-state index contributed by atoms with van der Waals surface area (Å²) in [6.45, 7) is 14.5. The van der Waals surface area contributed by atoms with Crippen molar-refractivity contribution in [3.8, 4) is 23.0 Å². The molecule has 0 fully saturated rings. The molecule has 0 radical (unpaired) electrons. The first-order valence-corrected chi connectivity index (χ1v) is 21.1. The number of carbonyl (C=O) groups is 4. The van der Waals surface area contributed by atoms with Gasteiger partial charge in [-0.15, -0.1) is 0 Å². The van der Waals surface area contributed by atoms with Gasteiger partial charge in [0.25, 0.3) is 17.6 Å². The van der Waals surface area contributed by atoms with Crippen molar-refractivity contribution in [3.05, 3.63) is 53.3 Å². The lowest BCUT2D eigenvalue weighted by Crippen LogP contribution is -2.46. The zero-order valence-electron chi connectivity index (χ0n) is 38.0. The number of fused-ring (bicyclic) bond motifs is 14. The Morgan fingerprint density at radius 2 is 1.63 bits per heavy atom. The van der Waals surface area contributed by atoms with Gasteiger partial charge in [-0.2, -0.15) is 0 Å². The molecule has 2 aromatic rings. The highest BCUT2D eigenvalue weighted by Crippen LogP contribution is 2.54. The minimum atomic E-state index is -2.04. The van der Waals surface area contributed by atoms with Gasteiger partial charge in [0.1, 0.15) is 23.4 Å². The number of benzene rings is 2. The summed E-state index contributed by atoms with van der Waals surface area (Å²) in [4.78, 5) is 54.2. The summed E-state index contributed by atoms with van der Waals surface area (Å²) in [6.07, 6.45) is 6.19. The van der Waals surface area contributed by atoms with Crippen LogP contribution in [0.3, 0.4) is 0 Å². The Bertz CT molecular complexity index is 2080. The molecule has 2 amide bonds. The second-order valence-corrected chi connectivity index (χ2v) is 16.8. The molecule has 16 heteroatoms. The van der Waals surface area contributed by atoms with E-state index in [0.29, 0.717) is 6.54 Å². The summed E-state index contributed by atoms with van der Waals surface area (Å²) < 4.78 is 29.9. The van der Waals surface area contributed by atoms with Crippen LogP contribution in [-0.4, -0.2) is 119 Å². The molecule has 5 N–H and O–H groups in total. The molecule has 3 heterocycles. The maximum absolute atomic E-state index is 14.6. The molecule has 342 valence electrons. The second kappa shape index (κ2) is 20.8. The number of hydrogen-bond acceptors (Lipinski definition) is 14. The number of esters is 1. The van der Waals surface area contributed by atoms with Gasteiger partial charge in [-0.05, 0) is 26.3 Å². The Hall–Kier alpha value is -5.16. The van der Waals surface area contributed by atoms with Gasteiger partial charge in [-0.3, -0.25) is 24.2 Å². The normalized spacial score (nSPS) is 29.0. The highest BCUT2D eigenvalue weighted by atomic mass is 16.7. The standard InChI is InChI=1S/C46H65N3O13/c1-13-14-15-20-49(48(10)11)34(51)23-59-33-22-31-41(55)36-35(33)37-43(29(7)40(36)54)62-46(9,44(37)56)60-21-19-32(58-12)26(4)42(61-30(8)50)28(6)39(53)27(5)38(52)24(2)17-16-18-25(3)45(57)47-31/h16-19,21-22,24,26-28,32,38-39,42,52-55H,13-15,20,23H2,1-12H3,(H,47,57)/b17-16+,21-19+,25-18-/t24-,26+,27+,28+,32-,38-,39+,42+,46-/m0/s1. The number of methoxy groups -OCH3 is 1. The second-order valence-electron chi connectivity index (χ2n) is 16.8. The van der Waals surface area contributed by atoms with Gasteiger partial charge in [0.05, 0.1) is 41.2 Å². The van der Waals surface area contributed by atoms with Crippen molar-refractivity contribution in [2.24, 2.45) is 23.7 Å². The highest BCUT2D eigenvalue weighted by Gasteiger charge is 2.50. The minimum Gasteiger partial charge on any atom is -0.507 e. The average molecular weight is 868 g/mol. The number of aliphatic hydroxyl groups is 2. The van der Waals surface area contributed by atoms with Gasteiger partial charge in [0.2, 0.25) is 0 Å². The number of aliphatic hydroxyl groups excluding tert-OH is 2. The number of unbranched alkanes of at least 4 members (excludes halogenated alkanes) is 2. The predicted molar refractivity (Wildman–Crippen MR) is 233 cm³/mol. The predicted octanol–water partition coefficient (Wildman–Crippen LogP) is 5.92. The molecule has 0 saturated carbocycles. The Morgan fingerprint density at radius 1 is 0.952 bits per heavy atom. The fraction of sp³-hybridized carbons (Fsp3) is 0.565. The Morgan fingerprint density at radius 3 is 2.24 bits per heavy atom. The van der Waals surface area contributed by atoms with E-state index >= 15 is 0 Å². The summed E-state index contributed by atoms with van der Waals surface area (Å²) in [5, 5.41) is 51.9. The van der Waals surface area contributed by atoms with E-state index in [2.05, 4.69) is 12.2 Å². The zero-order chi connectivity index (χ0) is 46.4. The number of hydrazine groups is 1. The lowest BCUT2D eigenvalue weighted by Gasteiger charge is -2.38. The van der Waals surface area contributed by atoms with E-state index in [0.717, 1.165) is 19.3 Å². The van der Waals surface area contributed by atoms with E-state index in [4.69, 9.17) is 23.7 Å². The smallest absolute Gasteiger partial charge is 0.312 e. The van der Waals surface area contributed by atoms with Crippen molar-refractivity contribution in [1.29, 1.82) is 0 Å². The average Bonchev–Trinajstić information content (AvgIpc) is 3.49. The number of phenolic OH excluding ortho intramolecular Hbond substituents is 2. The van der Waals surface area contributed by atoms with Gasteiger partial charge in [0, 0.05) is 87.9 Å². The van der Waals surface area contributed by atoms with Crippen molar-refractivity contribution in [1.82, 2.24) is 10.0 Å². The summed E-state index contributed by atoms with van der Waals surface area (Å²) in [7, 11) is 4.90. The van der Waals surface area contributed by atoms with Crippen molar-refractivity contribution >= 4 is 40.0 Å². The van der Waals surface area contributed by atoms with E-state index < -0.39 is 95.5 Å². The van der Waals surface area contributed by atoms with Crippen LogP contribution in [0, 0.1) is 30.6 Å². The fourth-order valence-corrected chi connectivity index (χ4v) is 8.02. The maximum atomic E-state index is 14.6. The highest BCUT2D eigenvalue weighted by molar-refractivity contribution is 6.21. The van der Waals surface area contributed by atoms with Crippen LogP contribution < -0.4 is 14.8 Å². The zero-order valence-corrected chi connectivity index (χ0v) is 38.0. The lowest BCUT2D eigenvalue weighted by atomic mass is 9.78. The molecule has 62 heavy (non-hydrogen) atoms. The van der Waals surface area contributed by atoms with E-state index in [9.17, 15) is 39.6 Å². The first-order valence-electron chi connectivity index (χ1n) is 21.1. The van der Waals surface area contributed by atoms with Crippen LogP contribution in [0.15, 0.2) is 42.2 Å². The van der Waals surface area contributed by atoms with E-state index in [1.807, 2.05) is 0 Å². The first-order chi connectivity index (χ1) is 29.1. The van der Waals surface area contributed by atoms with Gasteiger partial charge in [0.15, 0.2) is 12.4 Å². The quantitative estimate of drug-likeness (QED) is 0.0812. The number of ketones is 1. The van der Waals surface area contributed by atoms with Gasteiger partial charge in [-0.25, -0.2) is 5.01 Å². The summed E-state index contributed by atoms with van der Waals surface area (Å²) in [5.74, 6) is -8.12. The van der Waals surface area contributed by atoms with Crippen LogP contribution in [0.4, 0.5) is 5.69 Å². The Kier molecular flexibility index (Phi) is 16.6. The number of nitrogens with zero attached hydrogens (tertiary/aromatic N) is 2. The van der Waals surface area contributed by atoms with E-state index in [1.54, 1.807) is 59.0 Å². The van der Waals surface area contributed by atoms with E-state index in [-0.39, 0.29) is 44.7 Å². The van der Waals surface area contributed by atoms with Crippen LogP contribution in [0.25, 0.3) is 10.8 Å². The number of ether oxygens (including phenoxy) is 5. The molecule has 16 nitrogen and oxygen atoms in total. The number of allylic oxidation sites excluding steroid dienone is 2. The molecule has 0 aliphatic carbocycles. The van der Waals surface area contributed by atoms with Crippen LogP contribution in [0.5, 0.6) is 23.0 Å². The van der Waals surface area contributed by atoms with Crippen LogP contribution in [0.2, 0.25) is 0 Å². The molecule has 3 aliphatic rings. The third kappa shape index (κ3) is 10.5. The molecule has 0 aromatic heterocycles. The van der Waals surface area contributed by atoms with E-state index in [1.165, 1.54) is 64.3 Å². The molecule has 9 atom stereocenters. The van der Waals surface area contributed by atoms with Crippen LogP contribution in [0.1, 0.15) is 90.6 Å². The molecule has 0 spiro atoms. The molecule has 2 aromatic carbocycles. The van der Waals surface area contributed by atoms with Crippen LogP contribution in [-0.2, 0) is 28.6 Å². The number of carbonyl (C=O) groups excluding carboxylic acids is 4. The van der Waals surface area contributed by atoms with Crippen molar-refractivity contribution < 1.29 is 63.3 Å². The topological polar surface area (TPSA) is 214 Å². The Labute approximate surface area is 364 Å². The molecular weight excluding hydrogens is 803 g/mol. The lowest BCUT2D eigenvalue weighted by molar-refractivity contribution is -0.160. The molecule has 5 bridgehead atoms. The third-order valence-electron chi connectivity index (χ3n) is 11.9. The van der Waals surface area contributed by atoms with Crippen LogP contribution >= 0.6 is 0 Å². The van der Waals surface area contributed by atoms with Crippen molar-refractivity contribution in [3.63, 3.8) is 0 Å². The monoisotopic (exact) mass is 867 g/mol. The van der Waals surface area contributed by atoms with Gasteiger partial charge >= 0.3 is 11.8 Å². The number of anilines is 1. The molecular formula is C46H65N3O13. The summed E-state index contributed by atoms with van der Waals surface area (Å²) >= 11 is 0. The summed E-state index contributed by atoms with van der Waals surface area (Å²) in [6, 6.07) is 1.27. The molecule has 0 unspecified atom stereocenters. The Balaban J connectivity index is 1.93. The largest absolute Gasteiger partial charge is 0.507 e. The number of nitrogens with one attached hydrogen (secondary N) is 1. The number of hydrogen-bond donors (Lipinski definition) is 5. The molecule has 3 aliphatic heterocycles. The first kappa shape index (κ1) is 49.5. The number of amides is 2. The van der Waals surface area contributed by atoms with Gasteiger partial charge in [-0.1, -0.05) is 65.7 Å².